The van der Waals surface area contributed by atoms with Gasteiger partial charge >= 0.3 is 0 Å². The first-order valence-electron chi connectivity index (χ1n) is 2.68. The molecule has 1 aromatic rings. The van der Waals surface area contributed by atoms with E-state index in [0.717, 1.165) is 5.69 Å². The van der Waals surface area contributed by atoms with Gasteiger partial charge in [0.25, 0.3) is 0 Å². The van der Waals surface area contributed by atoms with Gasteiger partial charge in [-0.2, -0.15) is 0 Å². The fourth-order valence-electron chi connectivity index (χ4n) is 0.577. The maximum atomic E-state index is 4.54. The smallest absolute Gasteiger partial charge is 0.0456 e. The van der Waals surface area contributed by atoms with E-state index in [0.29, 0.717) is 6.42 Å². The topological polar surface area (TPSA) is 12.9 Å². The van der Waals surface area contributed by atoms with Crippen molar-refractivity contribution in [3.05, 3.63) is 30.1 Å². The number of rotatable bonds is 2. The molecule has 0 N–H and O–H groups in total. The molecular weight excluding hydrogens is 130 g/mol. The van der Waals surface area contributed by atoms with E-state index in [4.69, 9.17) is 0 Å². The monoisotopic (exact) mass is 136 g/mol. The Kier molecular flexibility index (Phi) is 2.33. The first-order chi connectivity index (χ1) is 4.43. The third-order valence-corrected chi connectivity index (χ3v) is 1.12. The van der Waals surface area contributed by atoms with E-state index in [1.807, 2.05) is 18.2 Å². The van der Waals surface area contributed by atoms with Crippen LogP contribution in [0.25, 0.3) is 0 Å². The van der Waals surface area contributed by atoms with Crippen molar-refractivity contribution in [3.63, 3.8) is 0 Å². The average Bonchev–Trinajstić information content (AvgIpc) is 1.91. The second-order valence-electron chi connectivity index (χ2n) is 1.64. The summed E-state index contributed by atoms with van der Waals surface area (Å²) in [6, 6.07) is 5.75. The molecule has 2 heteroatoms. The molecule has 0 aliphatic carbocycles. The molecule has 1 radical (unpaired) electrons. The van der Waals surface area contributed by atoms with Gasteiger partial charge in [0.05, 0.1) is 0 Å². The third kappa shape index (κ3) is 1.90. The van der Waals surface area contributed by atoms with E-state index >= 15 is 0 Å². The van der Waals surface area contributed by atoms with Gasteiger partial charge in [-0.1, -0.05) is 18.3 Å². The van der Waals surface area contributed by atoms with Gasteiger partial charge < -0.3 is 0 Å². The van der Waals surface area contributed by atoms with E-state index < -0.39 is 0 Å². The zero-order valence-electron chi connectivity index (χ0n) is 4.87. The quantitative estimate of drug-likeness (QED) is 0.571. The molecule has 9 heavy (non-hydrogen) atoms. The van der Waals surface area contributed by atoms with Crippen molar-refractivity contribution < 1.29 is 0 Å². The van der Waals surface area contributed by atoms with Crippen molar-refractivity contribution in [1.29, 1.82) is 0 Å². The summed E-state index contributed by atoms with van der Waals surface area (Å²) >= 11 is 4.54. The Morgan fingerprint density at radius 3 is 3.00 bits per heavy atom. The normalized spacial score (nSPS) is 8.89. The lowest BCUT2D eigenvalue weighted by Crippen LogP contribution is -1.86. The fraction of sp³-hybridized carbons (Fsp3) is 0.143. The Bertz CT molecular complexity index is 183. The van der Waals surface area contributed by atoms with Crippen LogP contribution in [0, 0.1) is 0 Å². The zero-order valence-corrected chi connectivity index (χ0v) is 5.69. The Balaban J connectivity index is 2.72. The lowest BCUT2D eigenvalue weighted by molar-refractivity contribution is 1.16. The molecule has 0 fully saturated rings. The minimum absolute atomic E-state index is 0.663. The van der Waals surface area contributed by atoms with E-state index in [1.165, 1.54) is 0 Å². The van der Waals surface area contributed by atoms with Gasteiger partial charge in [0.15, 0.2) is 0 Å². The van der Waals surface area contributed by atoms with Gasteiger partial charge in [-0.15, -0.1) is 0 Å². The summed E-state index contributed by atoms with van der Waals surface area (Å²) in [5.41, 5.74) is 0.979. The molecular formula is C7H6NS. The number of aromatic nitrogens is 1. The Labute approximate surface area is 59.7 Å². The predicted molar refractivity (Wildman–Crippen MR) is 40.5 cm³/mol. The average molecular weight is 136 g/mol. The summed E-state index contributed by atoms with van der Waals surface area (Å²) in [6.45, 7) is 0. The lowest BCUT2D eigenvalue weighted by atomic mass is 10.3. The van der Waals surface area contributed by atoms with E-state index in [9.17, 15) is 0 Å². The molecule has 0 saturated carbocycles. The second kappa shape index (κ2) is 3.30. The van der Waals surface area contributed by atoms with Gasteiger partial charge in [0.1, 0.15) is 0 Å². The van der Waals surface area contributed by atoms with Crippen LogP contribution in [0.1, 0.15) is 5.69 Å². The summed E-state index contributed by atoms with van der Waals surface area (Å²) in [4.78, 5) is 4.04. The molecule has 1 rings (SSSR count). The lowest BCUT2D eigenvalue weighted by Gasteiger charge is -1.88. The highest BCUT2D eigenvalue weighted by molar-refractivity contribution is 7.78. The molecule has 0 atom stereocenters. The number of pyridine rings is 1. The molecule has 0 amide bonds. The van der Waals surface area contributed by atoms with Crippen molar-refractivity contribution >= 4 is 17.6 Å². The van der Waals surface area contributed by atoms with Crippen LogP contribution in [-0.4, -0.2) is 10.4 Å². The number of hydrogen-bond donors (Lipinski definition) is 0. The Morgan fingerprint density at radius 2 is 2.44 bits per heavy atom. The first-order valence-corrected chi connectivity index (χ1v) is 3.09. The van der Waals surface area contributed by atoms with Crippen molar-refractivity contribution in [2.24, 2.45) is 0 Å². The second-order valence-corrected chi connectivity index (χ2v) is 1.93. The standard InChI is InChI=1S/C7H6NS/c9-6-4-7-3-1-2-5-8-7/h1-3,5H,4H2. The molecule has 1 nitrogen and oxygen atoms in total. The van der Waals surface area contributed by atoms with Gasteiger partial charge in [-0.3, -0.25) is 4.98 Å². The third-order valence-electron chi connectivity index (χ3n) is 0.979. The van der Waals surface area contributed by atoms with Gasteiger partial charge in [-0.05, 0) is 12.1 Å². The molecule has 0 aliphatic rings. The molecule has 0 bridgehead atoms. The van der Waals surface area contributed by atoms with Crippen LogP contribution in [-0.2, 0) is 6.42 Å². The summed E-state index contributed by atoms with van der Waals surface area (Å²) in [5, 5.41) is 2.60. The maximum Gasteiger partial charge on any atom is 0.0456 e. The summed E-state index contributed by atoms with van der Waals surface area (Å²) in [5.74, 6) is 0. The summed E-state index contributed by atoms with van der Waals surface area (Å²) in [7, 11) is 0. The molecule has 0 saturated heterocycles. The molecule has 1 aromatic heterocycles. The number of nitrogens with zero attached hydrogens (tertiary/aromatic N) is 1. The Hall–Kier alpha value is -0.760. The minimum Gasteiger partial charge on any atom is -0.261 e. The molecule has 0 aliphatic heterocycles. The molecule has 0 aromatic carbocycles. The molecule has 45 valence electrons. The van der Waals surface area contributed by atoms with E-state index in [1.54, 1.807) is 6.20 Å². The SMILES string of the molecule is S=[C]Cc1ccccn1. The van der Waals surface area contributed by atoms with E-state index in [-0.39, 0.29) is 0 Å². The number of hydrogen-bond acceptors (Lipinski definition) is 2. The van der Waals surface area contributed by atoms with Gasteiger partial charge in [-0.25, -0.2) is 0 Å². The molecule has 0 unspecified atom stereocenters. The van der Waals surface area contributed by atoms with Crippen molar-refractivity contribution in [2.45, 2.75) is 6.42 Å². The largest absolute Gasteiger partial charge is 0.261 e. The summed E-state index contributed by atoms with van der Waals surface area (Å²) in [6.07, 6.45) is 2.41. The van der Waals surface area contributed by atoms with E-state index in [2.05, 4.69) is 22.6 Å². The van der Waals surface area contributed by atoms with Crippen LogP contribution >= 0.6 is 12.2 Å². The van der Waals surface area contributed by atoms with Crippen LogP contribution in [0.15, 0.2) is 24.4 Å². The van der Waals surface area contributed by atoms with Crippen LogP contribution in [0.2, 0.25) is 0 Å². The maximum absolute atomic E-state index is 4.54. The predicted octanol–water partition coefficient (Wildman–Crippen LogP) is 1.50. The van der Waals surface area contributed by atoms with Crippen molar-refractivity contribution in [2.75, 3.05) is 0 Å². The highest BCUT2D eigenvalue weighted by atomic mass is 32.1. The first kappa shape index (κ1) is 6.36. The van der Waals surface area contributed by atoms with Crippen molar-refractivity contribution in [3.8, 4) is 0 Å². The van der Waals surface area contributed by atoms with Crippen LogP contribution < -0.4 is 0 Å². The fourth-order valence-corrected chi connectivity index (χ4v) is 0.725. The molecule has 1 heterocycles. The summed E-state index contributed by atoms with van der Waals surface area (Å²) < 4.78 is 0. The zero-order chi connectivity index (χ0) is 6.53. The minimum atomic E-state index is 0.663. The Morgan fingerprint density at radius 1 is 1.56 bits per heavy atom. The van der Waals surface area contributed by atoms with Crippen LogP contribution in [0.3, 0.4) is 0 Å². The van der Waals surface area contributed by atoms with Gasteiger partial charge in [0.2, 0.25) is 0 Å². The van der Waals surface area contributed by atoms with Crippen molar-refractivity contribution in [1.82, 2.24) is 4.98 Å². The molecule has 0 spiro atoms. The van der Waals surface area contributed by atoms with Crippen LogP contribution in [0.4, 0.5) is 0 Å². The van der Waals surface area contributed by atoms with Gasteiger partial charge in [0, 0.05) is 23.7 Å². The highest BCUT2D eigenvalue weighted by Gasteiger charge is 1.85. The van der Waals surface area contributed by atoms with Crippen LogP contribution in [0.5, 0.6) is 0 Å². The highest BCUT2D eigenvalue weighted by Crippen LogP contribution is 1.91. The number of thiocarbonyl (C=S) groups is 1.